The largest absolute Gasteiger partial charge is 0.447 e. The molecule has 10 heavy (non-hydrogen) atoms. The molecule has 0 aromatic heterocycles. The molecule has 0 saturated carbocycles. The van der Waals surface area contributed by atoms with Crippen molar-refractivity contribution in [3.8, 4) is 0 Å². The third-order valence-corrected chi connectivity index (χ3v) is 1.31. The van der Waals surface area contributed by atoms with Crippen molar-refractivity contribution < 1.29 is 13.2 Å². The van der Waals surface area contributed by atoms with Crippen molar-refractivity contribution in [2.45, 2.75) is 5.51 Å². The van der Waals surface area contributed by atoms with Crippen LogP contribution in [0.5, 0.6) is 0 Å². The second-order valence-corrected chi connectivity index (χ2v) is 2.49. The van der Waals surface area contributed by atoms with E-state index in [4.69, 9.17) is 0 Å². The fraction of sp³-hybridized carbons (Fsp3) is 0.250. The minimum atomic E-state index is -4.26. The van der Waals surface area contributed by atoms with E-state index in [9.17, 15) is 13.2 Å². The number of thioether (sulfide) groups is 1. The summed E-state index contributed by atoms with van der Waals surface area (Å²) < 4.78 is 34.5. The first-order chi connectivity index (χ1) is 4.58. The van der Waals surface area contributed by atoms with Crippen molar-refractivity contribution in [2.75, 3.05) is 0 Å². The Labute approximate surface area is 59.2 Å². The Kier molecular flexibility index (Phi) is 1.89. The summed E-state index contributed by atoms with van der Waals surface area (Å²) in [6, 6.07) is 0. The summed E-state index contributed by atoms with van der Waals surface area (Å²) in [5, 5.41) is 3.26. The zero-order chi connectivity index (χ0) is 7.61. The van der Waals surface area contributed by atoms with Gasteiger partial charge < -0.3 is 0 Å². The molecule has 1 radical (unpaired) electrons. The average Bonchev–Trinajstić information content (AvgIpc) is 2.12. The molecule has 1 heterocycles. The molecule has 6 heteroatoms. The zero-order valence-electron chi connectivity index (χ0n) is 4.59. The van der Waals surface area contributed by atoms with E-state index in [-0.39, 0.29) is 16.8 Å². The Morgan fingerprint density at radius 3 is 2.50 bits per heavy atom. The summed E-state index contributed by atoms with van der Waals surface area (Å²) in [6.07, 6.45) is 2.15. The molecule has 0 amide bonds. The number of hydrogen-bond acceptors (Lipinski definition) is 2. The lowest BCUT2D eigenvalue weighted by Gasteiger charge is -2.01. The maximum atomic E-state index is 11.5. The molecule has 0 aromatic rings. The van der Waals surface area contributed by atoms with Gasteiger partial charge in [0.25, 0.3) is 0 Å². The predicted octanol–water partition coefficient (Wildman–Crippen LogP) is 1.68. The van der Waals surface area contributed by atoms with Gasteiger partial charge in [0.2, 0.25) is 0 Å². The molecule has 1 aliphatic rings. The Bertz CT molecular complexity index is 183. The van der Waals surface area contributed by atoms with Gasteiger partial charge in [-0.2, -0.15) is 13.2 Å². The van der Waals surface area contributed by atoms with E-state index in [1.807, 2.05) is 0 Å². The van der Waals surface area contributed by atoms with Crippen LogP contribution >= 0.6 is 11.8 Å². The molecule has 0 atom stereocenters. The van der Waals surface area contributed by atoms with Crippen LogP contribution in [0.15, 0.2) is 16.2 Å². The number of halogens is 3. The summed E-state index contributed by atoms with van der Waals surface area (Å²) in [4.78, 5) is 3.33. The van der Waals surface area contributed by atoms with Crippen molar-refractivity contribution in [1.82, 2.24) is 5.32 Å². The third-order valence-electron chi connectivity index (χ3n) is 0.657. The molecule has 0 aromatic carbocycles. The second-order valence-electron chi connectivity index (χ2n) is 1.41. The van der Waals surface area contributed by atoms with Crippen molar-refractivity contribution in [3.05, 3.63) is 11.2 Å². The molecule has 1 aliphatic heterocycles. The zero-order valence-corrected chi connectivity index (χ0v) is 5.41. The van der Waals surface area contributed by atoms with Gasteiger partial charge in [0.15, 0.2) is 0 Å². The summed E-state index contributed by atoms with van der Waals surface area (Å²) in [5.74, 6) is 0. The number of hydrogen-bond donors (Lipinski definition) is 0. The van der Waals surface area contributed by atoms with E-state index in [0.717, 1.165) is 12.5 Å². The molecule has 0 saturated heterocycles. The van der Waals surface area contributed by atoms with E-state index in [0.29, 0.717) is 0 Å². The third kappa shape index (κ3) is 2.30. The van der Waals surface area contributed by atoms with Crippen LogP contribution in [0.1, 0.15) is 0 Å². The van der Waals surface area contributed by atoms with Gasteiger partial charge >= 0.3 is 5.51 Å². The predicted molar refractivity (Wildman–Crippen MR) is 32.4 cm³/mol. The molecular weight excluding hydrogens is 165 g/mol. The lowest BCUT2D eigenvalue weighted by Crippen LogP contribution is -1.98. The summed E-state index contributed by atoms with van der Waals surface area (Å²) in [6.45, 7) is 0. The van der Waals surface area contributed by atoms with Crippen molar-refractivity contribution in [1.29, 1.82) is 0 Å². The van der Waals surface area contributed by atoms with E-state index >= 15 is 0 Å². The van der Waals surface area contributed by atoms with Gasteiger partial charge in [-0.1, -0.05) is 0 Å². The average molecular weight is 167 g/mol. The quantitative estimate of drug-likeness (QED) is 0.583. The number of aliphatic imine (C=N–C) groups is 1. The fourth-order valence-electron chi connectivity index (χ4n) is 0.392. The molecule has 0 aliphatic carbocycles. The standard InChI is InChI=1S/C4H2F3N2S/c5-4(6,7)10-3-1-8-2-9-3/h1-2H. The summed E-state index contributed by atoms with van der Waals surface area (Å²) in [7, 11) is 0. The summed E-state index contributed by atoms with van der Waals surface area (Å²) in [5.41, 5.74) is -4.26. The minimum absolute atomic E-state index is 0.118. The van der Waals surface area contributed by atoms with E-state index in [2.05, 4.69) is 10.3 Å². The van der Waals surface area contributed by atoms with Gasteiger partial charge in [0.05, 0.1) is 6.20 Å². The highest BCUT2D eigenvalue weighted by molar-refractivity contribution is 8.03. The maximum Gasteiger partial charge on any atom is 0.447 e. The van der Waals surface area contributed by atoms with Crippen LogP contribution in [-0.4, -0.2) is 11.8 Å². The van der Waals surface area contributed by atoms with Gasteiger partial charge in [0.1, 0.15) is 11.4 Å². The summed E-state index contributed by atoms with van der Waals surface area (Å²) >= 11 is -0.266. The molecule has 0 N–H and O–H groups in total. The molecular formula is C4H2F3N2S. The first-order valence-electron chi connectivity index (χ1n) is 2.26. The highest BCUT2D eigenvalue weighted by Crippen LogP contribution is 2.36. The molecule has 0 spiro atoms. The molecule has 0 fully saturated rings. The number of nitrogens with zero attached hydrogens (tertiary/aromatic N) is 2. The smallest absolute Gasteiger partial charge is 0.242 e. The lowest BCUT2D eigenvalue weighted by atomic mass is 10.9. The van der Waals surface area contributed by atoms with Gasteiger partial charge in [-0.05, 0) is 0 Å². The molecule has 0 bridgehead atoms. The van der Waals surface area contributed by atoms with Gasteiger partial charge in [-0.3, -0.25) is 0 Å². The second kappa shape index (κ2) is 2.53. The van der Waals surface area contributed by atoms with Crippen molar-refractivity contribution in [3.63, 3.8) is 0 Å². The maximum absolute atomic E-state index is 11.5. The Balaban J connectivity index is 2.46. The van der Waals surface area contributed by atoms with E-state index < -0.39 is 5.51 Å². The van der Waals surface area contributed by atoms with Crippen LogP contribution in [0.2, 0.25) is 0 Å². The SMILES string of the molecule is FC(F)(F)SC1=C[N]C=N1. The fourth-order valence-corrected chi connectivity index (χ4v) is 0.842. The lowest BCUT2D eigenvalue weighted by molar-refractivity contribution is -0.0322. The van der Waals surface area contributed by atoms with Crippen molar-refractivity contribution >= 4 is 18.1 Å². The van der Waals surface area contributed by atoms with Gasteiger partial charge in [-0.15, -0.1) is 0 Å². The number of rotatable bonds is 1. The van der Waals surface area contributed by atoms with Crippen LogP contribution in [0.25, 0.3) is 0 Å². The van der Waals surface area contributed by atoms with Crippen LogP contribution < -0.4 is 5.32 Å². The molecule has 0 unspecified atom stereocenters. The van der Waals surface area contributed by atoms with Crippen LogP contribution in [-0.2, 0) is 0 Å². The Hall–Kier alpha value is -0.650. The normalized spacial score (nSPS) is 16.9. The monoisotopic (exact) mass is 167 g/mol. The minimum Gasteiger partial charge on any atom is -0.242 e. The Morgan fingerprint density at radius 2 is 2.10 bits per heavy atom. The van der Waals surface area contributed by atoms with Crippen molar-refractivity contribution in [2.24, 2.45) is 4.99 Å². The highest BCUT2D eigenvalue weighted by atomic mass is 32.2. The Morgan fingerprint density at radius 1 is 1.40 bits per heavy atom. The number of alkyl halides is 3. The van der Waals surface area contributed by atoms with Crippen LogP contribution in [0.4, 0.5) is 13.2 Å². The molecule has 55 valence electrons. The first kappa shape index (κ1) is 7.46. The topological polar surface area (TPSA) is 26.5 Å². The highest BCUT2D eigenvalue weighted by Gasteiger charge is 2.31. The molecule has 1 rings (SSSR count). The molecule has 2 nitrogen and oxygen atoms in total. The van der Waals surface area contributed by atoms with E-state index in [1.54, 1.807) is 0 Å². The first-order valence-corrected chi connectivity index (χ1v) is 3.08. The van der Waals surface area contributed by atoms with Crippen LogP contribution in [0.3, 0.4) is 0 Å². The van der Waals surface area contributed by atoms with Gasteiger partial charge in [-0.25, -0.2) is 10.3 Å². The van der Waals surface area contributed by atoms with Crippen LogP contribution in [0, 0.1) is 0 Å². The van der Waals surface area contributed by atoms with E-state index in [1.165, 1.54) is 0 Å². The van der Waals surface area contributed by atoms with Gasteiger partial charge in [0, 0.05) is 11.8 Å².